The van der Waals surface area contributed by atoms with E-state index in [0.29, 0.717) is 22.9 Å². The predicted molar refractivity (Wildman–Crippen MR) is 79.5 cm³/mol. The van der Waals surface area contributed by atoms with Crippen LogP contribution in [-0.4, -0.2) is 36.4 Å². The van der Waals surface area contributed by atoms with E-state index in [9.17, 15) is 9.59 Å². The van der Waals surface area contributed by atoms with Crippen molar-refractivity contribution in [2.45, 2.75) is 26.2 Å². The number of nitrogens with one attached hydrogen (secondary N) is 1. The summed E-state index contributed by atoms with van der Waals surface area (Å²) in [7, 11) is 0. The number of amides is 2. The lowest BCUT2D eigenvalue weighted by molar-refractivity contribution is -0.118. The molecular weight excluding hydrogens is 268 g/mol. The van der Waals surface area contributed by atoms with Crippen LogP contribution < -0.4 is 10.1 Å². The smallest absolute Gasteiger partial charge is 0.262 e. The second-order valence-corrected chi connectivity index (χ2v) is 5.85. The molecule has 1 aromatic carbocycles. The fourth-order valence-corrected chi connectivity index (χ4v) is 2.92. The number of hydrogen-bond acceptors (Lipinski definition) is 3. The largest absolute Gasteiger partial charge is 0.481 e. The van der Waals surface area contributed by atoms with Crippen molar-refractivity contribution >= 4 is 17.5 Å². The Morgan fingerprint density at radius 2 is 2.19 bits per heavy atom. The molecule has 1 unspecified atom stereocenters. The molecule has 5 nitrogen and oxygen atoms in total. The van der Waals surface area contributed by atoms with Gasteiger partial charge in [-0.2, -0.15) is 0 Å². The van der Waals surface area contributed by atoms with Gasteiger partial charge >= 0.3 is 0 Å². The van der Waals surface area contributed by atoms with Gasteiger partial charge in [0, 0.05) is 13.1 Å². The minimum atomic E-state index is -0.185. The summed E-state index contributed by atoms with van der Waals surface area (Å²) in [5.41, 5.74) is 1.13. The molecule has 2 aliphatic rings. The maximum absolute atomic E-state index is 12.7. The van der Waals surface area contributed by atoms with Crippen LogP contribution in [0.1, 0.15) is 36.5 Å². The molecule has 3 rings (SSSR count). The highest BCUT2D eigenvalue weighted by molar-refractivity contribution is 6.03. The highest BCUT2D eigenvalue weighted by atomic mass is 16.5. The number of ether oxygens (including phenoxy) is 1. The highest BCUT2D eigenvalue weighted by Gasteiger charge is 2.26. The van der Waals surface area contributed by atoms with Crippen LogP contribution in [0, 0.1) is 5.92 Å². The first-order chi connectivity index (χ1) is 10.1. The van der Waals surface area contributed by atoms with Crippen molar-refractivity contribution in [1.82, 2.24) is 4.90 Å². The summed E-state index contributed by atoms with van der Waals surface area (Å²) in [6.07, 6.45) is 3.25. The monoisotopic (exact) mass is 288 g/mol. The Balaban J connectivity index is 1.85. The summed E-state index contributed by atoms with van der Waals surface area (Å²) in [5.74, 6) is 0.982. The van der Waals surface area contributed by atoms with Gasteiger partial charge < -0.3 is 15.0 Å². The topological polar surface area (TPSA) is 58.6 Å². The van der Waals surface area contributed by atoms with Gasteiger partial charge in [0.2, 0.25) is 0 Å². The van der Waals surface area contributed by atoms with E-state index in [4.69, 9.17) is 4.74 Å². The van der Waals surface area contributed by atoms with Crippen molar-refractivity contribution in [2.24, 2.45) is 5.92 Å². The van der Waals surface area contributed by atoms with Crippen molar-refractivity contribution in [2.75, 3.05) is 25.0 Å². The van der Waals surface area contributed by atoms with E-state index in [1.165, 1.54) is 6.42 Å². The van der Waals surface area contributed by atoms with Crippen molar-refractivity contribution in [3.8, 4) is 5.75 Å². The molecule has 21 heavy (non-hydrogen) atoms. The van der Waals surface area contributed by atoms with E-state index in [-0.39, 0.29) is 18.4 Å². The van der Waals surface area contributed by atoms with Gasteiger partial charge in [0.25, 0.3) is 11.8 Å². The Bertz CT molecular complexity index is 571. The molecular formula is C16H20N2O3. The highest BCUT2D eigenvalue weighted by Crippen LogP contribution is 2.32. The number of benzene rings is 1. The van der Waals surface area contributed by atoms with Gasteiger partial charge in [-0.25, -0.2) is 0 Å². The number of anilines is 1. The van der Waals surface area contributed by atoms with Crippen molar-refractivity contribution in [3.63, 3.8) is 0 Å². The third-order valence-electron chi connectivity index (χ3n) is 4.17. The molecule has 112 valence electrons. The minimum Gasteiger partial charge on any atom is -0.481 e. The minimum absolute atomic E-state index is 0.00269. The summed E-state index contributed by atoms with van der Waals surface area (Å²) in [6.45, 7) is 3.78. The summed E-state index contributed by atoms with van der Waals surface area (Å²) in [5, 5.41) is 2.74. The quantitative estimate of drug-likeness (QED) is 0.862. The van der Waals surface area contributed by atoms with Gasteiger partial charge in [0.1, 0.15) is 0 Å². The van der Waals surface area contributed by atoms with E-state index < -0.39 is 0 Å². The second-order valence-electron chi connectivity index (χ2n) is 5.85. The van der Waals surface area contributed by atoms with Gasteiger partial charge in [-0.15, -0.1) is 0 Å². The third kappa shape index (κ3) is 2.86. The van der Waals surface area contributed by atoms with Crippen LogP contribution in [0.3, 0.4) is 0 Å². The maximum atomic E-state index is 12.7. The van der Waals surface area contributed by atoms with Crippen LogP contribution in [0.25, 0.3) is 0 Å². The number of nitrogens with zero attached hydrogens (tertiary/aromatic N) is 1. The summed E-state index contributed by atoms with van der Waals surface area (Å²) in [6, 6.07) is 5.31. The molecule has 1 N–H and O–H groups in total. The van der Waals surface area contributed by atoms with Gasteiger partial charge in [-0.05, 0) is 37.3 Å². The van der Waals surface area contributed by atoms with Crippen LogP contribution in [0.5, 0.6) is 5.75 Å². The SMILES string of the molecule is CC1CCCN(C(=O)c2cccc3c2OCC(=O)N3)CC1. The van der Waals surface area contributed by atoms with Gasteiger partial charge in [0.15, 0.2) is 12.4 Å². The first kappa shape index (κ1) is 13.9. The summed E-state index contributed by atoms with van der Waals surface area (Å²) in [4.78, 5) is 26.0. The number of carbonyl (C=O) groups is 2. The molecule has 5 heteroatoms. The van der Waals surface area contributed by atoms with Gasteiger partial charge in [0.05, 0.1) is 11.3 Å². The van der Waals surface area contributed by atoms with Crippen molar-refractivity contribution in [1.29, 1.82) is 0 Å². The van der Waals surface area contributed by atoms with Crippen LogP contribution in [0.4, 0.5) is 5.69 Å². The van der Waals surface area contributed by atoms with Crippen LogP contribution in [0.15, 0.2) is 18.2 Å². The van der Waals surface area contributed by atoms with E-state index in [1.807, 2.05) is 4.90 Å². The average molecular weight is 288 g/mol. The van der Waals surface area contributed by atoms with Crippen molar-refractivity contribution < 1.29 is 14.3 Å². The Kier molecular flexibility index (Phi) is 3.82. The van der Waals surface area contributed by atoms with Gasteiger partial charge in [-0.3, -0.25) is 9.59 Å². The van der Waals surface area contributed by atoms with E-state index in [1.54, 1.807) is 18.2 Å². The molecule has 0 aliphatic carbocycles. The number of rotatable bonds is 1. The number of fused-ring (bicyclic) bond motifs is 1. The Morgan fingerprint density at radius 3 is 3.05 bits per heavy atom. The Morgan fingerprint density at radius 1 is 1.33 bits per heavy atom. The lowest BCUT2D eigenvalue weighted by Gasteiger charge is -2.24. The average Bonchev–Trinajstić information content (AvgIpc) is 2.70. The molecule has 0 spiro atoms. The zero-order chi connectivity index (χ0) is 14.8. The second kappa shape index (κ2) is 5.76. The van der Waals surface area contributed by atoms with Crippen LogP contribution in [-0.2, 0) is 4.79 Å². The normalized spacial score (nSPS) is 21.9. The molecule has 2 amide bonds. The molecule has 1 aromatic rings. The molecule has 0 aromatic heterocycles. The standard InChI is InChI=1S/C16H20N2O3/c1-11-4-3-8-18(9-7-11)16(20)12-5-2-6-13-15(12)21-10-14(19)17-13/h2,5-6,11H,3-4,7-10H2,1H3,(H,17,19). The molecule has 1 saturated heterocycles. The molecule has 0 bridgehead atoms. The van der Waals surface area contributed by atoms with Crippen LogP contribution >= 0.6 is 0 Å². The summed E-state index contributed by atoms with van der Waals surface area (Å²) >= 11 is 0. The first-order valence-corrected chi connectivity index (χ1v) is 7.50. The molecule has 1 atom stereocenters. The third-order valence-corrected chi connectivity index (χ3v) is 4.17. The zero-order valence-electron chi connectivity index (χ0n) is 12.2. The number of carbonyl (C=O) groups excluding carboxylic acids is 2. The molecule has 0 saturated carbocycles. The molecule has 2 heterocycles. The molecule has 0 radical (unpaired) electrons. The predicted octanol–water partition coefficient (Wildman–Crippen LogP) is 2.28. The number of hydrogen-bond donors (Lipinski definition) is 1. The van der Waals surface area contributed by atoms with E-state index in [2.05, 4.69) is 12.2 Å². The van der Waals surface area contributed by atoms with Crippen molar-refractivity contribution in [3.05, 3.63) is 23.8 Å². The fourth-order valence-electron chi connectivity index (χ4n) is 2.92. The molecule has 2 aliphatic heterocycles. The fraction of sp³-hybridized carbons (Fsp3) is 0.500. The van der Waals surface area contributed by atoms with E-state index >= 15 is 0 Å². The van der Waals surface area contributed by atoms with Gasteiger partial charge in [-0.1, -0.05) is 13.0 Å². The lowest BCUT2D eigenvalue weighted by atomic mass is 10.0. The van der Waals surface area contributed by atoms with Crippen LogP contribution in [0.2, 0.25) is 0 Å². The Hall–Kier alpha value is -2.04. The number of para-hydroxylation sites is 1. The number of likely N-dealkylation sites (tertiary alicyclic amines) is 1. The summed E-state index contributed by atoms with van der Waals surface area (Å²) < 4.78 is 5.47. The lowest BCUT2D eigenvalue weighted by Crippen LogP contribution is -2.33. The molecule has 1 fully saturated rings. The maximum Gasteiger partial charge on any atom is 0.262 e. The zero-order valence-corrected chi connectivity index (χ0v) is 12.2. The first-order valence-electron chi connectivity index (χ1n) is 7.50. The van der Waals surface area contributed by atoms with E-state index in [0.717, 1.165) is 25.9 Å². The Labute approximate surface area is 124 Å².